The van der Waals surface area contributed by atoms with Crippen molar-refractivity contribution in [2.75, 3.05) is 17.2 Å². The molecule has 0 radical (unpaired) electrons. The van der Waals surface area contributed by atoms with Gasteiger partial charge in [-0.05, 0) is 54.8 Å². The van der Waals surface area contributed by atoms with E-state index in [1.165, 1.54) is 0 Å². The number of hydrogen-bond acceptors (Lipinski definition) is 5. The van der Waals surface area contributed by atoms with E-state index in [4.69, 9.17) is 4.74 Å². The van der Waals surface area contributed by atoms with E-state index in [0.717, 1.165) is 31.0 Å². The molecule has 0 aliphatic rings. The van der Waals surface area contributed by atoms with E-state index < -0.39 is 11.7 Å². The minimum atomic E-state index is -4.59. The van der Waals surface area contributed by atoms with Crippen molar-refractivity contribution < 1.29 is 17.9 Å². The van der Waals surface area contributed by atoms with Gasteiger partial charge in [-0.15, -0.1) is 0 Å². The largest absolute Gasteiger partial charge is 0.494 e. The number of alkyl halides is 3. The fourth-order valence-corrected chi connectivity index (χ4v) is 2.80. The van der Waals surface area contributed by atoms with Gasteiger partial charge in [0, 0.05) is 17.6 Å². The summed E-state index contributed by atoms with van der Waals surface area (Å²) >= 11 is 0. The predicted octanol–water partition coefficient (Wildman–Crippen LogP) is 6.72. The van der Waals surface area contributed by atoms with Gasteiger partial charge in [0.05, 0.1) is 6.61 Å². The van der Waals surface area contributed by atoms with Crippen molar-refractivity contribution in [3.8, 4) is 5.75 Å². The number of aromatic nitrogens is 2. The maximum Gasteiger partial charge on any atom is 0.421 e. The average Bonchev–Trinajstić information content (AvgIpc) is 2.75. The van der Waals surface area contributed by atoms with Crippen LogP contribution in [0.3, 0.4) is 0 Å². The number of benzene rings is 2. The van der Waals surface area contributed by atoms with Gasteiger partial charge in [0.2, 0.25) is 5.95 Å². The van der Waals surface area contributed by atoms with Crippen LogP contribution in [0.2, 0.25) is 0 Å². The van der Waals surface area contributed by atoms with Crippen LogP contribution in [0.5, 0.6) is 5.75 Å². The summed E-state index contributed by atoms with van der Waals surface area (Å²) in [7, 11) is 0. The van der Waals surface area contributed by atoms with E-state index in [-0.39, 0.29) is 11.8 Å². The van der Waals surface area contributed by atoms with Crippen molar-refractivity contribution in [3.63, 3.8) is 0 Å². The highest BCUT2D eigenvalue weighted by Crippen LogP contribution is 2.35. The molecule has 8 heteroatoms. The smallest absolute Gasteiger partial charge is 0.421 e. The van der Waals surface area contributed by atoms with E-state index in [2.05, 4.69) is 27.5 Å². The Labute approximate surface area is 179 Å². The van der Waals surface area contributed by atoms with Crippen LogP contribution < -0.4 is 15.4 Å². The molecule has 1 aromatic heterocycles. The van der Waals surface area contributed by atoms with Gasteiger partial charge in [-0.2, -0.15) is 18.2 Å². The maximum atomic E-state index is 13.5. The average molecular weight is 430 g/mol. The summed E-state index contributed by atoms with van der Waals surface area (Å²) in [4.78, 5) is 7.91. The van der Waals surface area contributed by atoms with E-state index >= 15 is 0 Å². The fourth-order valence-electron chi connectivity index (χ4n) is 2.80. The molecule has 5 nitrogen and oxygen atoms in total. The minimum Gasteiger partial charge on any atom is -0.494 e. The summed E-state index contributed by atoms with van der Waals surface area (Å²) in [6.45, 7) is 4.71. The topological polar surface area (TPSA) is 59.1 Å². The SMILES string of the molecule is CCCCOc1ccc(Nc2nc(Nc3ccc(CC)cc3)ncc2C(F)(F)F)cc1. The van der Waals surface area contributed by atoms with Crippen LogP contribution >= 0.6 is 0 Å². The van der Waals surface area contributed by atoms with Gasteiger partial charge in [0.1, 0.15) is 17.1 Å². The van der Waals surface area contributed by atoms with Crippen LogP contribution in [-0.2, 0) is 12.6 Å². The molecule has 0 aliphatic heterocycles. The van der Waals surface area contributed by atoms with Gasteiger partial charge in [-0.3, -0.25) is 0 Å². The van der Waals surface area contributed by atoms with Gasteiger partial charge >= 0.3 is 6.18 Å². The standard InChI is InChI=1S/C23H25F3N4O/c1-3-5-14-31-19-12-10-17(11-13-19)28-21-20(23(24,25)26)15-27-22(30-21)29-18-8-6-16(4-2)7-9-18/h6-13,15H,3-5,14H2,1-2H3,(H2,27,28,29,30). The molecule has 2 N–H and O–H groups in total. The first kappa shape index (κ1) is 22.4. The van der Waals surface area contributed by atoms with Crippen LogP contribution in [-0.4, -0.2) is 16.6 Å². The Morgan fingerprint density at radius 2 is 1.55 bits per heavy atom. The van der Waals surface area contributed by atoms with Crippen LogP contribution in [0.4, 0.5) is 36.3 Å². The zero-order valence-electron chi connectivity index (χ0n) is 17.5. The van der Waals surface area contributed by atoms with Crippen molar-refractivity contribution in [2.24, 2.45) is 0 Å². The Morgan fingerprint density at radius 1 is 0.903 bits per heavy atom. The second kappa shape index (κ2) is 10.1. The molecule has 0 aliphatic carbocycles. The monoisotopic (exact) mass is 430 g/mol. The molecule has 2 aromatic carbocycles. The predicted molar refractivity (Wildman–Crippen MR) is 116 cm³/mol. The van der Waals surface area contributed by atoms with E-state index in [1.54, 1.807) is 24.3 Å². The highest BCUT2D eigenvalue weighted by molar-refractivity contribution is 5.63. The molecule has 31 heavy (non-hydrogen) atoms. The number of aryl methyl sites for hydroxylation is 1. The van der Waals surface area contributed by atoms with Gasteiger partial charge in [-0.25, -0.2) is 4.98 Å². The van der Waals surface area contributed by atoms with E-state index in [0.29, 0.717) is 23.7 Å². The number of rotatable bonds is 9. The Hall–Kier alpha value is -3.29. The van der Waals surface area contributed by atoms with Crippen molar-refractivity contribution in [2.45, 2.75) is 39.3 Å². The summed E-state index contributed by atoms with van der Waals surface area (Å²) in [5.74, 6) is 0.407. The first-order valence-electron chi connectivity index (χ1n) is 10.2. The number of nitrogens with zero attached hydrogens (tertiary/aromatic N) is 2. The van der Waals surface area contributed by atoms with Crippen molar-refractivity contribution in [1.82, 2.24) is 9.97 Å². The van der Waals surface area contributed by atoms with Crippen LogP contribution in [0.1, 0.15) is 37.8 Å². The molecule has 164 valence electrons. The number of halogens is 3. The lowest BCUT2D eigenvalue weighted by Crippen LogP contribution is -2.12. The molecule has 0 unspecified atom stereocenters. The van der Waals surface area contributed by atoms with Gasteiger partial charge < -0.3 is 15.4 Å². The molecule has 1 heterocycles. The zero-order chi connectivity index (χ0) is 22.3. The lowest BCUT2D eigenvalue weighted by molar-refractivity contribution is -0.137. The van der Waals surface area contributed by atoms with Crippen LogP contribution in [0.15, 0.2) is 54.7 Å². The third kappa shape index (κ3) is 6.34. The molecule has 3 rings (SSSR count). The maximum absolute atomic E-state index is 13.5. The number of ether oxygens (including phenoxy) is 1. The van der Waals surface area contributed by atoms with Gasteiger partial charge in [0.15, 0.2) is 0 Å². The second-order valence-electron chi connectivity index (χ2n) is 6.98. The third-order valence-electron chi connectivity index (χ3n) is 4.60. The number of nitrogens with one attached hydrogen (secondary N) is 2. The molecule has 0 spiro atoms. The van der Waals surface area contributed by atoms with E-state index in [1.807, 2.05) is 31.2 Å². The third-order valence-corrected chi connectivity index (χ3v) is 4.60. The molecule has 0 fully saturated rings. The van der Waals surface area contributed by atoms with Crippen molar-refractivity contribution in [1.29, 1.82) is 0 Å². The quantitative estimate of drug-likeness (QED) is 0.369. The number of unbranched alkanes of at least 4 members (excludes halogenated alkanes) is 1. The molecular formula is C23H25F3N4O. The lowest BCUT2D eigenvalue weighted by Gasteiger charge is -2.15. The molecular weight excluding hydrogens is 405 g/mol. The Bertz CT molecular complexity index is 974. The number of anilines is 4. The first-order chi connectivity index (χ1) is 14.9. The second-order valence-corrected chi connectivity index (χ2v) is 6.98. The van der Waals surface area contributed by atoms with Crippen molar-refractivity contribution in [3.05, 3.63) is 65.9 Å². The van der Waals surface area contributed by atoms with Crippen LogP contribution in [0.25, 0.3) is 0 Å². The first-order valence-corrected chi connectivity index (χ1v) is 10.2. The normalized spacial score (nSPS) is 11.3. The lowest BCUT2D eigenvalue weighted by atomic mass is 10.1. The molecule has 0 saturated carbocycles. The van der Waals surface area contributed by atoms with Gasteiger partial charge in [-0.1, -0.05) is 32.4 Å². The molecule has 3 aromatic rings. The Balaban J connectivity index is 1.80. The zero-order valence-corrected chi connectivity index (χ0v) is 17.5. The molecule has 0 atom stereocenters. The van der Waals surface area contributed by atoms with Crippen LogP contribution in [0, 0.1) is 0 Å². The summed E-state index contributed by atoms with van der Waals surface area (Å²) in [6, 6.07) is 14.3. The summed E-state index contributed by atoms with van der Waals surface area (Å²) < 4.78 is 46.0. The van der Waals surface area contributed by atoms with Crippen molar-refractivity contribution >= 4 is 23.1 Å². The molecule has 0 amide bonds. The summed E-state index contributed by atoms with van der Waals surface area (Å²) in [6.07, 6.45) is -0.958. The number of hydrogen-bond donors (Lipinski definition) is 2. The summed E-state index contributed by atoms with van der Waals surface area (Å²) in [5, 5.41) is 5.70. The highest BCUT2D eigenvalue weighted by atomic mass is 19.4. The molecule has 0 bridgehead atoms. The highest BCUT2D eigenvalue weighted by Gasteiger charge is 2.35. The van der Waals surface area contributed by atoms with Gasteiger partial charge in [0.25, 0.3) is 0 Å². The summed E-state index contributed by atoms with van der Waals surface area (Å²) in [5.41, 5.74) is 1.37. The Morgan fingerprint density at radius 3 is 2.16 bits per heavy atom. The van der Waals surface area contributed by atoms with E-state index in [9.17, 15) is 13.2 Å². The molecule has 0 saturated heterocycles. The minimum absolute atomic E-state index is 0.0688. The Kier molecular flexibility index (Phi) is 7.33. The fraction of sp³-hybridized carbons (Fsp3) is 0.304.